The lowest BCUT2D eigenvalue weighted by Gasteiger charge is -2.33. The fourth-order valence-corrected chi connectivity index (χ4v) is 3.28. The van der Waals surface area contributed by atoms with Crippen molar-refractivity contribution >= 4 is 0 Å². The summed E-state index contributed by atoms with van der Waals surface area (Å²) in [4.78, 5) is 0. The fourth-order valence-electron chi connectivity index (χ4n) is 3.28. The van der Waals surface area contributed by atoms with Gasteiger partial charge in [0, 0.05) is 12.5 Å². The summed E-state index contributed by atoms with van der Waals surface area (Å²) < 4.78 is 26.5. The standard InChI is InChI=1S/C17H24F2O/c1-11(2)12-3-5-13(6-4-12)17(20)9-14-7-8-15(18)10-16(14)19/h7-8,10-13,17,20H,3-6,9H2,1-2H3. The molecule has 20 heavy (non-hydrogen) atoms. The summed E-state index contributed by atoms with van der Waals surface area (Å²) in [6.07, 6.45) is 4.06. The average molecular weight is 282 g/mol. The first-order valence-electron chi connectivity index (χ1n) is 7.59. The van der Waals surface area contributed by atoms with Crippen LogP contribution in [-0.4, -0.2) is 11.2 Å². The van der Waals surface area contributed by atoms with Crippen molar-refractivity contribution in [3.63, 3.8) is 0 Å². The molecule has 1 unspecified atom stereocenters. The molecule has 1 aliphatic rings. The summed E-state index contributed by atoms with van der Waals surface area (Å²) in [7, 11) is 0. The maximum Gasteiger partial charge on any atom is 0.129 e. The van der Waals surface area contributed by atoms with Gasteiger partial charge >= 0.3 is 0 Å². The van der Waals surface area contributed by atoms with Crippen LogP contribution in [0, 0.1) is 29.4 Å². The SMILES string of the molecule is CC(C)C1CCC(C(O)Cc2ccc(F)cc2F)CC1. The molecular weight excluding hydrogens is 258 g/mol. The Kier molecular flexibility index (Phi) is 5.14. The fraction of sp³-hybridized carbons (Fsp3) is 0.647. The van der Waals surface area contributed by atoms with Gasteiger partial charge in [-0.25, -0.2) is 8.78 Å². The molecule has 112 valence electrons. The predicted molar refractivity (Wildman–Crippen MR) is 76.4 cm³/mol. The minimum Gasteiger partial charge on any atom is -0.392 e. The number of aliphatic hydroxyl groups excluding tert-OH is 1. The highest BCUT2D eigenvalue weighted by atomic mass is 19.1. The number of hydrogen-bond donors (Lipinski definition) is 1. The van der Waals surface area contributed by atoms with Gasteiger partial charge in [-0.15, -0.1) is 0 Å². The summed E-state index contributed by atoms with van der Waals surface area (Å²) in [5.74, 6) is 0.566. The molecule has 1 aliphatic carbocycles. The Labute approximate surface area is 120 Å². The summed E-state index contributed by atoms with van der Waals surface area (Å²) in [5, 5.41) is 10.3. The molecule has 2 rings (SSSR count). The van der Waals surface area contributed by atoms with Crippen LogP contribution >= 0.6 is 0 Å². The van der Waals surface area contributed by atoms with Gasteiger partial charge in [0.25, 0.3) is 0 Å². The van der Waals surface area contributed by atoms with Crippen LogP contribution in [0.2, 0.25) is 0 Å². The monoisotopic (exact) mass is 282 g/mol. The van der Waals surface area contributed by atoms with E-state index < -0.39 is 17.7 Å². The van der Waals surface area contributed by atoms with E-state index in [1.807, 2.05) is 0 Å². The van der Waals surface area contributed by atoms with Gasteiger partial charge in [-0.05, 0) is 55.1 Å². The number of hydrogen-bond acceptors (Lipinski definition) is 1. The molecule has 1 fully saturated rings. The Morgan fingerprint density at radius 3 is 2.25 bits per heavy atom. The van der Waals surface area contributed by atoms with Crippen molar-refractivity contribution in [2.75, 3.05) is 0 Å². The molecular formula is C17H24F2O. The van der Waals surface area contributed by atoms with E-state index >= 15 is 0 Å². The summed E-state index contributed by atoms with van der Waals surface area (Å²) >= 11 is 0. The molecule has 1 N–H and O–H groups in total. The van der Waals surface area contributed by atoms with Crippen LogP contribution in [0.3, 0.4) is 0 Å². The van der Waals surface area contributed by atoms with Gasteiger partial charge in [0.15, 0.2) is 0 Å². The van der Waals surface area contributed by atoms with Gasteiger partial charge in [0.05, 0.1) is 6.10 Å². The quantitative estimate of drug-likeness (QED) is 0.871. The summed E-state index contributed by atoms with van der Waals surface area (Å²) in [5.41, 5.74) is 0.407. The molecule has 0 radical (unpaired) electrons. The summed E-state index contributed by atoms with van der Waals surface area (Å²) in [6.45, 7) is 4.49. The Bertz CT molecular complexity index is 437. The highest BCUT2D eigenvalue weighted by Gasteiger charge is 2.28. The lowest BCUT2D eigenvalue weighted by Crippen LogP contribution is -2.29. The maximum absolute atomic E-state index is 13.6. The Hall–Kier alpha value is -0.960. The topological polar surface area (TPSA) is 20.2 Å². The predicted octanol–water partition coefficient (Wildman–Crippen LogP) is 4.33. The lowest BCUT2D eigenvalue weighted by atomic mass is 9.74. The second-order valence-electron chi connectivity index (χ2n) is 6.43. The van der Waals surface area contributed by atoms with E-state index in [1.54, 1.807) is 0 Å². The molecule has 0 amide bonds. The van der Waals surface area contributed by atoms with Crippen molar-refractivity contribution in [1.82, 2.24) is 0 Å². The van der Waals surface area contributed by atoms with Crippen LogP contribution < -0.4 is 0 Å². The van der Waals surface area contributed by atoms with Gasteiger partial charge in [-0.3, -0.25) is 0 Å². The minimum atomic E-state index is -0.571. The molecule has 0 heterocycles. The first kappa shape index (κ1) is 15.4. The van der Waals surface area contributed by atoms with E-state index in [0.717, 1.165) is 37.7 Å². The van der Waals surface area contributed by atoms with Crippen LogP contribution in [0.25, 0.3) is 0 Å². The van der Waals surface area contributed by atoms with Crippen molar-refractivity contribution in [3.05, 3.63) is 35.4 Å². The highest BCUT2D eigenvalue weighted by molar-refractivity contribution is 5.19. The third-order valence-corrected chi connectivity index (χ3v) is 4.75. The molecule has 0 saturated heterocycles. The highest BCUT2D eigenvalue weighted by Crippen LogP contribution is 2.35. The second-order valence-corrected chi connectivity index (χ2v) is 6.43. The third-order valence-electron chi connectivity index (χ3n) is 4.75. The van der Waals surface area contributed by atoms with Crippen LogP contribution in [0.1, 0.15) is 45.1 Å². The number of aliphatic hydroxyl groups is 1. The zero-order valence-corrected chi connectivity index (χ0v) is 12.3. The van der Waals surface area contributed by atoms with Gasteiger partial charge in [0.2, 0.25) is 0 Å². The van der Waals surface area contributed by atoms with Gasteiger partial charge in [0.1, 0.15) is 11.6 Å². The van der Waals surface area contributed by atoms with Crippen molar-refractivity contribution < 1.29 is 13.9 Å². The molecule has 0 spiro atoms. The van der Waals surface area contributed by atoms with Gasteiger partial charge < -0.3 is 5.11 Å². The maximum atomic E-state index is 13.6. The largest absolute Gasteiger partial charge is 0.392 e. The van der Waals surface area contributed by atoms with Gasteiger partial charge in [-0.2, -0.15) is 0 Å². The number of rotatable bonds is 4. The molecule has 0 bridgehead atoms. The smallest absolute Gasteiger partial charge is 0.129 e. The molecule has 1 aromatic carbocycles. The van der Waals surface area contributed by atoms with E-state index in [9.17, 15) is 13.9 Å². The van der Waals surface area contributed by atoms with E-state index in [4.69, 9.17) is 0 Å². The molecule has 1 aromatic rings. The van der Waals surface area contributed by atoms with E-state index in [1.165, 1.54) is 12.1 Å². The Balaban J connectivity index is 1.91. The lowest BCUT2D eigenvalue weighted by molar-refractivity contribution is 0.0668. The molecule has 1 nitrogen and oxygen atoms in total. The van der Waals surface area contributed by atoms with Gasteiger partial charge in [-0.1, -0.05) is 19.9 Å². The van der Waals surface area contributed by atoms with E-state index in [0.29, 0.717) is 11.5 Å². The van der Waals surface area contributed by atoms with E-state index in [-0.39, 0.29) is 12.3 Å². The first-order chi connectivity index (χ1) is 9.47. The number of benzene rings is 1. The zero-order chi connectivity index (χ0) is 14.7. The summed E-state index contributed by atoms with van der Waals surface area (Å²) in [6, 6.07) is 3.58. The minimum absolute atomic E-state index is 0.245. The van der Waals surface area contributed by atoms with Crippen LogP contribution in [0.15, 0.2) is 18.2 Å². The van der Waals surface area contributed by atoms with Crippen LogP contribution in [0.5, 0.6) is 0 Å². The molecule has 0 aliphatic heterocycles. The average Bonchev–Trinajstić information content (AvgIpc) is 2.42. The van der Waals surface area contributed by atoms with E-state index in [2.05, 4.69) is 13.8 Å². The van der Waals surface area contributed by atoms with Crippen LogP contribution in [0.4, 0.5) is 8.78 Å². The molecule has 3 heteroatoms. The Morgan fingerprint density at radius 2 is 1.70 bits per heavy atom. The van der Waals surface area contributed by atoms with Crippen LogP contribution in [-0.2, 0) is 6.42 Å². The van der Waals surface area contributed by atoms with Crippen molar-refractivity contribution in [2.24, 2.45) is 17.8 Å². The number of halogens is 2. The first-order valence-corrected chi connectivity index (χ1v) is 7.59. The zero-order valence-electron chi connectivity index (χ0n) is 12.3. The molecule has 0 aromatic heterocycles. The normalized spacial score (nSPS) is 24.9. The third kappa shape index (κ3) is 3.78. The second kappa shape index (κ2) is 6.66. The van der Waals surface area contributed by atoms with Crippen molar-refractivity contribution in [2.45, 2.75) is 52.1 Å². The van der Waals surface area contributed by atoms with Crippen molar-refractivity contribution in [1.29, 1.82) is 0 Å². The molecule has 1 saturated carbocycles. The van der Waals surface area contributed by atoms with Crippen molar-refractivity contribution in [3.8, 4) is 0 Å². The molecule has 1 atom stereocenters. The Morgan fingerprint density at radius 1 is 1.10 bits per heavy atom.